The van der Waals surface area contributed by atoms with E-state index in [4.69, 9.17) is 5.21 Å². The molecule has 0 aliphatic rings. The van der Waals surface area contributed by atoms with E-state index in [1.165, 1.54) is 0 Å². The highest BCUT2D eigenvalue weighted by Gasteiger charge is 1.99. The van der Waals surface area contributed by atoms with E-state index in [1.807, 2.05) is 24.5 Å². The van der Waals surface area contributed by atoms with Gasteiger partial charge in [0.15, 0.2) is 5.84 Å². The lowest BCUT2D eigenvalue weighted by Gasteiger charge is -2.01. The first kappa shape index (κ1) is 8.67. The molecule has 0 saturated carbocycles. The van der Waals surface area contributed by atoms with Gasteiger partial charge >= 0.3 is 0 Å². The zero-order chi connectivity index (χ0) is 8.81. The second kappa shape index (κ2) is 4.46. The Morgan fingerprint density at radius 1 is 1.67 bits per heavy atom. The summed E-state index contributed by atoms with van der Waals surface area (Å²) < 4.78 is 0. The number of amidine groups is 1. The first-order valence-corrected chi connectivity index (χ1v) is 3.74. The standard InChI is InChI=1S/C8H11N3O/c1-2-9-8(11-12)7-5-3-4-6-10-7/h3-6,12H,2H2,1H3,(H,9,11). The van der Waals surface area contributed by atoms with Gasteiger partial charge in [0.1, 0.15) is 5.69 Å². The third-order valence-corrected chi connectivity index (χ3v) is 1.33. The lowest BCUT2D eigenvalue weighted by Crippen LogP contribution is -2.21. The second-order valence-electron chi connectivity index (χ2n) is 2.15. The van der Waals surface area contributed by atoms with Crippen LogP contribution in [-0.4, -0.2) is 22.6 Å². The molecule has 1 aromatic heterocycles. The van der Waals surface area contributed by atoms with Gasteiger partial charge in [0.25, 0.3) is 0 Å². The zero-order valence-corrected chi connectivity index (χ0v) is 6.86. The summed E-state index contributed by atoms with van der Waals surface area (Å²) in [6.07, 6.45) is 1.65. The second-order valence-corrected chi connectivity index (χ2v) is 2.15. The highest BCUT2D eigenvalue weighted by Crippen LogP contribution is 1.93. The molecule has 2 N–H and O–H groups in total. The molecule has 0 spiro atoms. The van der Waals surface area contributed by atoms with E-state index in [0.29, 0.717) is 18.1 Å². The van der Waals surface area contributed by atoms with Crippen molar-refractivity contribution in [1.29, 1.82) is 0 Å². The fourth-order valence-corrected chi connectivity index (χ4v) is 0.835. The Labute approximate surface area is 70.9 Å². The number of hydrogen-bond donors (Lipinski definition) is 2. The van der Waals surface area contributed by atoms with Crippen LogP contribution in [-0.2, 0) is 0 Å². The SMILES string of the molecule is CCN=C(NO)c1ccccn1. The van der Waals surface area contributed by atoms with Gasteiger partial charge in [0.05, 0.1) is 0 Å². The minimum Gasteiger partial charge on any atom is -0.290 e. The number of aromatic nitrogens is 1. The quantitative estimate of drug-likeness (QED) is 0.387. The molecule has 1 aromatic rings. The van der Waals surface area contributed by atoms with E-state index >= 15 is 0 Å². The summed E-state index contributed by atoms with van der Waals surface area (Å²) in [4.78, 5) is 8.02. The summed E-state index contributed by atoms with van der Waals surface area (Å²) in [5.74, 6) is 0.401. The Morgan fingerprint density at radius 3 is 3.00 bits per heavy atom. The maximum Gasteiger partial charge on any atom is 0.171 e. The molecule has 0 amide bonds. The van der Waals surface area contributed by atoms with Gasteiger partial charge in [-0.15, -0.1) is 0 Å². The number of aliphatic imine (C=N–C) groups is 1. The average Bonchev–Trinajstić information content (AvgIpc) is 2.15. The van der Waals surface area contributed by atoms with Gasteiger partial charge in [-0.25, -0.2) is 0 Å². The minimum atomic E-state index is 0.401. The molecule has 4 nitrogen and oxygen atoms in total. The maximum absolute atomic E-state index is 8.69. The summed E-state index contributed by atoms with van der Waals surface area (Å²) in [6, 6.07) is 5.42. The third kappa shape index (κ3) is 2.03. The van der Waals surface area contributed by atoms with Crippen molar-refractivity contribution in [2.45, 2.75) is 6.92 Å². The first-order chi connectivity index (χ1) is 5.88. The van der Waals surface area contributed by atoms with Crippen molar-refractivity contribution in [3.8, 4) is 0 Å². The summed E-state index contributed by atoms with van der Waals surface area (Å²) in [7, 11) is 0. The number of nitrogens with one attached hydrogen (secondary N) is 1. The van der Waals surface area contributed by atoms with Gasteiger partial charge in [-0.3, -0.25) is 20.7 Å². The number of hydroxylamine groups is 1. The Morgan fingerprint density at radius 2 is 2.50 bits per heavy atom. The Bertz CT molecular complexity index is 258. The molecular formula is C8H11N3O. The lowest BCUT2D eigenvalue weighted by atomic mass is 10.3. The topological polar surface area (TPSA) is 57.5 Å². The van der Waals surface area contributed by atoms with Crippen LogP contribution in [0.4, 0.5) is 0 Å². The van der Waals surface area contributed by atoms with Crippen molar-refractivity contribution >= 4 is 5.84 Å². The highest BCUT2D eigenvalue weighted by atomic mass is 16.5. The van der Waals surface area contributed by atoms with Crippen molar-refractivity contribution in [2.75, 3.05) is 6.54 Å². The van der Waals surface area contributed by atoms with Gasteiger partial charge in [0.2, 0.25) is 0 Å². The van der Waals surface area contributed by atoms with Crippen LogP contribution < -0.4 is 5.48 Å². The van der Waals surface area contributed by atoms with Crippen molar-refractivity contribution in [3.05, 3.63) is 30.1 Å². The van der Waals surface area contributed by atoms with E-state index in [-0.39, 0.29) is 0 Å². The third-order valence-electron chi connectivity index (χ3n) is 1.33. The summed E-state index contributed by atoms with van der Waals surface area (Å²) >= 11 is 0. The van der Waals surface area contributed by atoms with Crippen LogP contribution in [0.2, 0.25) is 0 Å². The largest absolute Gasteiger partial charge is 0.290 e. The molecule has 0 unspecified atom stereocenters. The molecule has 12 heavy (non-hydrogen) atoms. The number of hydrogen-bond acceptors (Lipinski definition) is 3. The van der Waals surface area contributed by atoms with Crippen LogP contribution in [0.15, 0.2) is 29.4 Å². The molecular weight excluding hydrogens is 154 g/mol. The van der Waals surface area contributed by atoms with Crippen LogP contribution in [0, 0.1) is 0 Å². The lowest BCUT2D eigenvalue weighted by molar-refractivity contribution is 0.234. The van der Waals surface area contributed by atoms with Crippen LogP contribution in [0.1, 0.15) is 12.6 Å². The molecule has 0 saturated heterocycles. The fraction of sp³-hybridized carbons (Fsp3) is 0.250. The van der Waals surface area contributed by atoms with Crippen LogP contribution in [0.3, 0.4) is 0 Å². The van der Waals surface area contributed by atoms with E-state index in [2.05, 4.69) is 9.98 Å². The van der Waals surface area contributed by atoms with Crippen molar-refractivity contribution in [3.63, 3.8) is 0 Å². The van der Waals surface area contributed by atoms with Gasteiger partial charge in [-0.05, 0) is 19.1 Å². The Kier molecular flexibility index (Phi) is 3.22. The van der Waals surface area contributed by atoms with Gasteiger partial charge in [0, 0.05) is 12.7 Å². The van der Waals surface area contributed by atoms with E-state index in [1.54, 1.807) is 12.3 Å². The van der Waals surface area contributed by atoms with Crippen LogP contribution >= 0.6 is 0 Å². The first-order valence-electron chi connectivity index (χ1n) is 3.74. The minimum absolute atomic E-state index is 0.401. The molecule has 0 atom stereocenters. The highest BCUT2D eigenvalue weighted by molar-refractivity contribution is 5.96. The van der Waals surface area contributed by atoms with E-state index in [0.717, 1.165) is 0 Å². The monoisotopic (exact) mass is 165 g/mol. The number of rotatable bonds is 2. The van der Waals surface area contributed by atoms with E-state index in [9.17, 15) is 0 Å². The van der Waals surface area contributed by atoms with Crippen LogP contribution in [0.25, 0.3) is 0 Å². The molecule has 0 bridgehead atoms. The van der Waals surface area contributed by atoms with Gasteiger partial charge in [-0.1, -0.05) is 6.07 Å². The van der Waals surface area contributed by atoms with Gasteiger partial charge < -0.3 is 0 Å². The van der Waals surface area contributed by atoms with Crippen molar-refractivity contribution in [1.82, 2.24) is 10.5 Å². The molecule has 64 valence electrons. The molecule has 0 aliphatic heterocycles. The van der Waals surface area contributed by atoms with Crippen LogP contribution in [0.5, 0.6) is 0 Å². The Hall–Kier alpha value is -1.42. The molecule has 0 fully saturated rings. The zero-order valence-electron chi connectivity index (χ0n) is 6.86. The predicted molar refractivity (Wildman–Crippen MR) is 46.2 cm³/mol. The van der Waals surface area contributed by atoms with Crippen molar-refractivity contribution in [2.24, 2.45) is 4.99 Å². The fourth-order valence-electron chi connectivity index (χ4n) is 0.835. The summed E-state index contributed by atoms with van der Waals surface area (Å²) in [6.45, 7) is 2.50. The van der Waals surface area contributed by atoms with Gasteiger partial charge in [-0.2, -0.15) is 0 Å². The predicted octanol–water partition coefficient (Wildman–Crippen LogP) is 0.827. The average molecular weight is 165 g/mol. The molecule has 0 radical (unpaired) electrons. The number of nitrogens with zero attached hydrogens (tertiary/aromatic N) is 2. The van der Waals surface area contributed by atoms with Crippen molar-refractivity contribution < 1.29 is 5.21 Å². The molecule has 4 heteroatoms. The smallest absolute Gasteiger partial charge is 0.171 e. The molecule has 1 rings (SSSR count). The summed E-state index contributed by atoms with van der Waals surface area (Å²) in [5.41, 5.74) is 2.65. The summed E-state index contributed by atoms with van der Waals surface area (Å²) in [5, 5.41) is 8.69. The number of pyridine rings is 1. The van der Waals surface area contributed by atoms with E-state index < -0.39 is 0 Å². The molecule has 0 aromatic carbocycles. The Balaban J connectivity index is 2.88. The maximum atomic E-state index is 8.69. The molecule has 0 aliphatic carbocycles. The normalized spacial score (nSPS) is 11.3. The molecule has 1 heterocycles.